The third-order valence-electron chi connectivity index (χ3n) is 3.42. The number of halogens is 1. The van der Waals surface area contributed by atoms with Gasteiger partial charge in [0.2, 0.25) is 0 Å². The minimum atomic E-state index is 0.0613. The lowest BCUT2D eigenvalue weighted by molar-refractivity contribution is 0.214. The lowest BCUT2D eigenvalue weighted by atomic mass is 10.1. The first-order valence-electron chi connectivity index (χ1n) is 6.85. The fraction of sp³-hybridized carbons (Fsp3) is 0.375. The predicted octanol–water partition coefficient (Wildman–Crippen LogP) is 4.04. The van der Waals surface area contributed by atoms with Gasteiger partial charge in [-0.25, -0.2) is 0 Å². The molecule has 0 radical (unpaired) electrons. The van der Waals surface area contributed by atoms with Crippen LogP contribution in [0.4, 0.5) is 0 Å². The van der Waals surface area contributed by atoms with E-state index in [1.807, 2.05) is 12.1 Å². The van der Waals surface area contributed by atoms with E-state index in [1.54, 1.807) is 18.4 Å². The van der Waals surface area contributed by atoms with E-state index in [0.717, 1.165) is 16.1 Å². The van der Waals surface area contributed by atoms with Crippen molar-refractivity contribution in [2.24, 2.45) is 5.73 Å². The summed E-state index contributed by atoms with van der Waals surface area (Å²) in [5.41, 5.74) is 7.43. The fourth-order valence-corrected chi connectivity index (χ4v) is 4.23. The van der Waals surface area contributed by atoms with Crippen LogP contribution in [0.3, 0.4) is 0 Å². The van der Waals surface area contributed by atoms with E-state index in [1.165, 1.54) is 10.4 Å². The van der Waals surface area contributed by atoms with Gasteiger partial charge in [-0.2, -0.15) is 0 Å². The number of nitrogens with two attached hydrogens (primary N) is 1. The SMILES string of the molecule is COc1cccc(CN(C)C(c2ccc(Br)s2)C(C)N)c1. The summed E-state index contributed by atoms with van der Waals surface area (Å²) < 4.78 is 6.42. The van der Waals surface area contributed by atoms with Gasteiger partial charge in [0.1, 0.15) is 5.75 Å². The quantitative estimate of drug-likeness (QED) is 0.835. The Kier molecular flexibility index (Phi) is 5.81. The number of rotatable bonds is 6. The molecule has 21 heavy (non-hydrogen) atoms. The Hall–Kier alpha value is -0.880. The zero-order valence-corrected chi connectivity index (χ0v) is 14.9. The monoisotopic (exact) mass is 368 g/mol. The van der Waals surface area contributed by atoms with Crippen LogP contribution in [0.5, 0.6) is 5.75 Å². The van der Waals surface area contributed by atoms with E-state index in [-0.39, 0.29) is 12.1 Å². The number of nitrogens with zero attached hydrogens (tertiary/aromatic N) is 1. The molecule has 2 unspecified atom stereocenters. The van der Waals surface area contributed by atoms with E-state index in [0.29, 0.717) is 0 Å². The van der Waals surface area contributed by atoms with Crippen molar-refractivity contribution in [2.45, 2.75) is 25.6 Å². The van der Waals surface area contributed by atoms with Gasteiger partial charge in [0.15, 0.2) is 0 Å². The van der Waals surface area contributed by atoms with Crippen LogP contribution in [0.2, 0.25) is 0 Å². The molecule has 0 aliphatic rings. The Labute approximate surface area is 138 Å². The Bertz CT molecular complexity index is 585. The molecule has 114 valence electrons. The van der Waals surface area contributed by atoms with Gasteiger partial charge in [0.25, 0.3) is 0 Å². The van der Waals surface area contributed by atoms with Crippen LogP contribution in [0.1, 0.15) is 23.4 Å². The first-order chi connectivity index (χ1) is 10.0. The van der Waals surface area contributed by atoms with Crippen molar-refractivity contribution < 1.29 is 4.74 Å². The van der Waals surface area contributed by atoms with Gasteiger partial charge in [-0.1, -0.05) is 12.1 Å². The van der Waals surface area contributed by atoms with E-state index in [2.05, 4.69) is 59.1 Å². The molecule has 0 saturated heterocycles. The van der Waals surface area contributed by atoms with Crippen molar-refractivity contribution in [3.8, 4) is 5.75 Å². The van der Waals surface area contributed by atoms with E-state index >= 15 is 0 Å². The molecule has 0 amide bonds. The standard InChI is InChI=1S/C16H21BrN2OS/c1-11(18)16(14-7-8-15(17)21-14)19(2)10-12-5-4-6-13(9-12)20-3/h4-9,11,16H,10,18H2,1-3H3. The minimum absolute atomic E-state index is 0.0613. The fourth-order valence-electron chi connectivity index (χ4n) is 2.52. The number of hydrogen-bond donors (Lipinski definition) is 1. The van der Waals surface area contributed by atoms with Crippen molar-refractivity contribution in [1.82, 2.24) is 4.90 Å². The molecule has 0 aliphatic carbocycles. The molecule has 1 aromatic heterocycles. The van der Waals surface area contributed by atoms with Crippen molar-refractivity contribution in [3.63, 3.8) is 0 Å². The third-order valence-corrected chi connectivity index (χ3v) is 5.12. The maximum Gasteiger partial charge on any atom is 0.119 e. The highest BCUT2D eigenvalue weighted by atomic mass is 79.9. The molecule has 0 spiro atoms. The Morgan fingerprint density at radius 2 is 2.10 bits per heavy atom. The second kappa shape index (κ2) is 7.40. The van der Waals surface area contributed by atoms with Gasteiger partial charge in [0, 0.05) is 17.5 Å². The van der Waals surface area contributed by atoms with Gasteiger partial charge in [-0.05, 0) is 59.7 Å². The summed E-state index contributed by atoms with van der Waals surface area (Å²) >= 11 is 5.27. The zero-order chi connectivity index (χ0) is 15.4. The van der Waals surface area contributed by atoms with E-state index < -0.39 is 0 Å². The number of hydrogen-bond acceptors (Lipinski definition) is 4. The minimum Gasteiger partial charge on any atom is -0.497 e. The van der Waals surface area contributed by atoms with Crippen LogP contribution < -0.4 is 10.5 Å². The van der Waals surface area contributed by atoms with E-state index in [9.17, 15) is 0 Å². The molecule has 0 saturated carbocycles. The first-order valence-corrected chi connectivity index (χ1v) is 8.46. The molecule has 5 heteroatoms. The van der Waals surface area contributed by atoms with Gasteiger partial charge in [-0.15, -0.1) is 11.3 Å². The molecule has 2 rings (SSSR count). The summed E-state index contributed by atoms with van der Waals surface area (Å²) in [6, 6.07) is 12.6. The highest BCUT2D eigenvalue weighted by molar-refractivity contribution is 9.11. The average molecular weight is 369 g/mol. The van der Waals surface area contributed by atoms with Crippen LogP contribution in [0.15, 0.2) is 40.2 Å². The molecular weight excluding hydrogens is 348 g/mol. The number of benzene rings is 1. The van der Waals surface area contributed by atoms with E-state index in [4.69, 9.17) is 10.5 Å². The molecule has 1 aromatic carbocycles. The van der Waals surface area contributed by atoms with Crippen LogP contribution in [-0.4, -0.2) is 25.1 Å². The Morgan fingerprint density at radius 3 is 2.67 bits per heavy atom. The molecule has 1 heterocycles. The summed E-state index contributed by atoms with van der Waals surface area (Å²) in [6.45, 7) is 2.89. The maximum atomic E-state index is 6.21. The smallest absolute Gasteiger partial charge is 0.119 e. The second-order valence-corrected chi connectivity index (χ2v) is 7.71. The van der Waals surface area contributed by atoms with Crippen molar-refractivity contribution >= 4 is 27.3 Å². The van der Waals surface area contributed by atoms with Crippen molar-refractivity contribution in [2.75, 3.05) is 14.2 Å². The topological polar surface area (TPSA) is 38.5 Å². The molecule has 0 aliphatic heterocycles. The Morgan fingerprint density at radius 1 is 1.33 bits per heavy atom. The van der Waals surface area contributed by atoms with Gasteiger partial charge < -0.3 is 10.5 Å². The van der Waals surface area contributed by atoms with Gasteiger partial charge in [0.05, 0.1) is 16.9 Å². The number of thiophene rings is 1. The summed E-state index contributed by atoms with van der Waals surface area (Å²) in [5, 5.41) is 0. The van der Waals surface area contributed by atoms with Gasteiger partial charge >= 0.3 is 0 Å². The molecular formula is C16H21BrN2OS. The normalized spacial score (nSPS) is 14.2. The van der Waals surface area contributed by atoms with Crippen molar-refractivity contribution in [3.05, 3.63) is 50.6 Å². The first kappa shape index (κ1) is 16.5. The summed E-state index contributed by atoms with van der Waals surface area (Å²) in [7, 11) is 3.80. The lowest BCUT2D eigenvalue weighted by Crippen LogP contribution is -2.36. The molecule has 2 atom stereocenters. The highest BCUT2D eigenvalue weighted by Crippen LogP contribution is 2.32. The third kappa shape index (κ3) is 4.30. The lowest BCUT2D eigenvalue weighted by Gasteiger charge is -2.30. The van der Waals surface area contributed by atoms with Crippen LogP contribution in [0.25, 0.3) is 0 Å². The number of likely N-dealkylation sites (N-methyl/N-ethyl adjacent to an activating group) is 1. The zero-order valence-electron chi connectivity index (χ0n) is 12.5. The van der Waals surface area contributed by atoms with Crippen LogP contribution in [-0.2, 0) is 6.54 Å². The molecule has 0 bridgehead atoms. The average Bonchev–Trinajstić information content (AvgIpc) is 2.84. The highest BCUT2D eigenvalue weighted by Gasteiger charge is 2.23. The predicted molar refractivity (Wildman–Crippen MR) is 92.9 cm³/mol. The Balaban J connectivity index is 2.17. The maximum absolute atomic E-state index is 6.21. The summed E-state index contributed by atoms with van der Waals surface area (Å²) in [6.07, 6.45) is 0. The molecule has 2 aromatic rings. The number of ether oxygens (including phenoxy) is 1. The second-order valence-electron chi connectivity index (χ2n) is 5.21. The van der Waals surface area contributed by atoms with Crippen molar-refractivity contribution in [1.29, 1.82) is 0 Å². The molecule has 0 fully saturated rings. The molecule has 3 nitrogen and oxygen atoms in total. The van der Waals surface area contributed by atoms with Gasteiger partial charge in [-0.3, -0.25) is 4.90 Å². The summed E-state index contributed by atoms with van der Waals surface area (Å²) in [4.78, 5) is 3.57. The van der Waals surface area contributed by atoms with Crippen LogP contribution in [0, 0.1) is 0 Å². The largest absolute Gasteiger partial charge is 0.497 e. The summed E-state index contributed by atoms with van der Waals surface area (Å²) in [5.74, 6) is 0.886. The number of methoxy groups -OCH3 is 1. The van der Waals surface area contributed by atoms with Crippen LogP contribution >= 0.6 is 27.3 Å². The molecule has 2 N–H and O–H groups in total.